The normalized spacial score (nSPS) is 54.9. The number of nitrogens with two attached hydrogens (primary N) is 1. The van der Waals surface area contributed by atoms with Crippen LogP contribution < -0.4 is 5.73 Å². The molecule has 1 aliphatic heterocycles. The third-order valence-electron chi connectivity index (χ3n) is 15.2. The minimum atomic E-state index is -1.35. The van der Waals surface area contributed by atoms with E-state index in [-0.39, 0.29) is 33.9 Å². The maximum Gasteiger partial charge on any atom is 0.312 e. The van der Waals surface area contributed by atoms with E-state index in [0.29, 0.717) is 24.2 Å². The fraction of sp³-hybridized carbons (Fsp3) is 0.889. The summed E-state index contributed by atoms with van der Waals surface area (Å²) in [4.78, 5) is 26.7. The number of fused-ring (bicyclic) bond motifs is 7. The van der Waals surface area contributed by atoms with Crippen LogP contribution in [-0.2, 0) is 14.3 Å². The van der Waals surface area contributed by atoms with Crippen molar-refractivity contribution in [3.8, 4) is 0 Å². The molecule has 4 saturated carbocycles. The van der Waals surface area contributed by atoms with Crippen molar-refractivity contribution in [3.05, 3.63) is 11.6 Å². The number of carboxylic acid groups (broad SMARTS) is 1. The number of hydrogen-bond acceptors (Lipinski definition) is 9. The molecule has 5 aliphatic carbocycles. The van der Waals surface area contributed by atoms with Gasteiger partial charge in [0.15, 0.2) is 12.1 Å². The van der Waals surface area contributed by atoms with Crippen LogP contribution >= 0.6 is 0 Å². The maximum absolute atomic E-state index is 14.2. The van der Waals surface area contributed by atoms with Crippen molar-refractivity contribution in [1.29, 1.82) is 0 Å². The van der Waals surface area contributed by atoms with Crippen molar-refractivity contribution in [2.45, 2.75) is 137 Å². The second-order valence-electron chi connectivity index (χ2n) is 17.2. The first kappa shape index (κ1) is 35.9. The van der Waals surface area contributed by atoms with E-state index >= 15 is 0 Å². The highest BCUT2D eigenvalue weighted by Crippen LogP contribution is 2.75. The van der Waals surface area contributed by atoms with E-state index in [9.17, 15) is 30.0 Å². The van der Waals surface area contributed by atoms with Crippen molar-refractivity contribution >= 4 is 11.8 Å². The Morgan fingerprint density at radius 1 is 0.935 bits per heavy atom. The SMILES string of the molecule is C[C@@H]1CC[C@]2(C)CC[C@]3(C)C(=CC(=O)C4[C@@]5(C)CC[C@@H](O)[C@](C)(C(=O)O)C5CC[C@]43C)C2[C@H]1C.N[C@@H]1[C@@H](O)[C@H](O)[C@@H](CO)O[C@H]1O. The van der Waals surface area contributed by atoms with Gasteiger partial charge >= 0.3 is 5.97 Å². The lowest BCUT2D eigenvalue weighted by Gasteiger charge is -2.70. The molecule has 46 heavy (non-hydrogen) atoms. The van der Waals surface area contributed by atoms with Crippen LogP contribution in [0.5, 0.6) is 0 Å². The van der Waals surface area contributed by atoms with E-state index in [0.717, 1.165) is 25.7 Å². The Morgan fingerprint density at radius 2 is 1.59 bits per heavy atom. The summed E-state index contributed by atoms with van der Waals surface area (Å²) >= 11 is 0. The van der Waals surface area contributed by atoms with Gasteiger partial charge in [0, 0.05) is 5.92 Å². The Bertz CT molecular complexity index is 1240. The number of aliphatic hydroxyl groups excluding tert-OH is 5. The first-order chi connectivity index (χ1) is 21.2. The quantitative estimate of drug-likeness (QED) is 0.234. The van der Waals surface area contributed by atoms with Crippen LogP contribution in [0.4, 0.5) is 0 Å². The number of ether oxygens (including phenoxy) is 1. The van der Waals surface area contributed by atoms with Gasteiger partial charge in [-0.05, 0) is 110 Å². The molecule has 3 unspecified atom stereocenters. The van der Waals surface area contributed by atoms with Crippen LogP contribution in [0, 0.1) is 56.7 Å². The van der Waals surface area contributed by atoms with Crippen LogP contribution in [0.15, 0.2) is 11.6 Å². The number of carboxylic acids is 1. The molecule has 1 heterocycles. The summed E-state index contributed by atoms with van der Waals surface area (Å²) in [5.41, 5.74) is 5.14. The summed E-state index contributed by atoms with van der Waals surface area (Å²) in [6, 6.07) is -1.04. The number of ketones is 1. The van der Waals surface area contributed by atoms with E-state index in [2.05, 4.69) is 47.6 Å². The first-order valence-electron chi connectivity index (χ1n) is 17.5. The van der Waals surface area contributed by atoms with Crippen molar-refractivity contribution in [2.24, 2.45) is 62.4 Å². The molecule has 10 nitrogen and oxygen atoms in total. The molecule has 0 radical (unpaired) electrons. The topological polar surface area (TPSA) is 191 Å². The number of hydrogen-bond donors (Lipinski definition) is 7. The second-order valence-corrected chi connectivity index (χ2v) is 17.2. The van der Waals surface area contributed by atoms with E-state index in [1.807, 2.05) is 0 Å². The maximum atomic E-state index is 14.2. The average Bonchev–Trinajstić information content (AvgIpc) is 2.99. The third kappa shape index (κ3) is 4.90. The zero-order valence-electron chi connectivity index (χ0n) is 28.8. The summed E-state index contributed by atoms with van der Waals surface area (Å²) in [5.74, 6) is 0.656. The lowest BCUT2D eigenvalue weighted by Crippen LogP contribution is -2.68. The highest BCUT2D eigenvalue weighted by molar-refractivity contribution is 5.96. The van der Waals surface area contributed by atoms with Gasteiger partial charge in [0.1, 0.15) is 18.3 Å². The number of rotatable bonds is 2. The highest BCUT2D eigenvalue weighted by Gasteiger charge is 2.71. The fourth-order valence-electron chi connectivity index (χ4n) is 11.8. The molecule has 0 aromatic rings. The lowest BCUT2D eigenvalue weighted by atomic mass is 9.33. The van der Waals surface area contributed by atoms with Gasteiger partial charge in [-0.3, -0.25) is 9.59 Å². The Kier molecular flexibility index (Phi) is 9.27. The Balaban J connectivity index is 0.000000293. The van der Waals surface area contributed by atoms with Crippen LogP contribution in [-0.4, -0.2) is 85.7 Å². The van der Waals surface area contributed by atoms with Gasteiger partial charge in [-0.1, -0.05) is 47.1 Å². The molecule has 0 spiro atoms. The molecule has 0 amide bonds. The van der Waals surface area contributed by atoms with E-state index < -0.39 is 60.2 Å². The molecule has 262 valence electrons. The predicted molar refractivity (Wildman–Crippen MR) is 171 cm³/mol. The van der Waals surface area contributed by atoms with Crippen molar-refractivity contribution < 1.29 is 45.0 Å². The van der Waals surface area contributed by atoms with Crippen molar-refractivity contribution in [2.75, 3.05) is 6.61 Å². The molecule has 6 rings (SSSR count). The molecule has 0 aromatic heterocycles. The molecule has 0 bridgehead atoms. The zero-order valence-corrected chi connectivity index (χ0v) is 28.8. The third-order valence-corrected chi connectivity index (χ3v) is 15.2. The van der Waals surface area contributed by atoms with Gasteiger partial charge in [-0.15, -0.1) is 0 Å². The Morgan fingerprint density at radius 3 is 2.20 bits per heavy atom. The van der Waals surface area contributed by atoms with Gasteiger partial charge in [-0.2, -0.15) is 0 Å². The molecule has 16 atom stereocenters. The Hall–Kier alpha value is -1.40. The lowest BCUT2D eigenvalue weighted by molar-refractivity contribution is -0.248. The molecule has 5 fully saturated rings. The number of allylic oxidation sites excluding steroid dienone is 2. The molecule has 8 N–H and O–H groups in total. The zero-order chi connectivity index (χ0) is 34.4. The summed E-state index contributed by atoms with van der Waals surface area (Å²) < 4.78 is 4.70. The van der Waals surface area contributed by atoms with Crippen LogP contribution in [0.3, 0.4) is 0 Å². The predicted octanol–water partition coefficient (Wildman–Crippen LogP) is 3.01. The summed E-state index contributed by atoms with van der Waals surface area (Å²) in [5, 5.41) is 57.2. The van der Waals surface area contributed by atoms with Crippen LogP contribution in [0.2, 0.25) is 0 Å². The van der Waals surface area contributed by atoms with Crippen LogP contribution in [0.25, 0.3) is 0 Å². The van der Waals surface area contributed by atoms with Gasteiger partial charge in [0.05, 0.1) is 24.2 Å². The van der Waals surface area contributed by atoms with Gasteiger partial charge in [0.2, 0.25) is 0 Å². The standard InChI is InChI=1S/C30H46O4.C6H13NO5/c1-17-8-11-26(3)14-15-28(5)19(23(26)18(17)2)16-20(31)24-27(4)12-10-22(32)30(7,25(33)34)21(27)9-13-29(24,28)6;7-3-5(10)4(9)2(1-8)12-6(3)11/h16-18,21-24,32H,8-15H2,1-7H3,(H,33,34);2-6,8-11H,1,7H2/t17-,18+,21?,22-,23?,24?,26-,27+,28-,29-,30-;2-,3-,4-,5-,6-/m11/s1. The minimum absolute atomic E-state index is 0.0370. The number of aliphatic carboxylic acids is 1. The fourth-order valence-corrected chi connectivity index (χ4v) is 11.8. The largest absolute Gasteiger partial charge is 0.481 e. The first-order valence-corrected chi connectivity index (χ1v) is 17.5. The summed E-state index contributed by atoms with van der Waals surface area (Å²) in [6.45, 7) is 15.5. The van der Waals surface area contributed by atoms with E-state index in [1.165, 1.54) is 24.8 Å². The monoisotopic (exact) mass is 649 g/mol. The number of carbonyl (C=O) groups excluding carboxylic acids is 1. The van der Waals surface area contributed by atoms with E-state index in [4.69, 9.17) is 20.7 Å². The number of carbonyl (C=O) groups is 2. The summed E-state index contributed by atoms with van der Waals surface area (Å²) in [7, 11) is 0. The van der Waals surface area contributed by atoms with Gasteiger partial charge in [0.25, 0.3) is 0 Å². The minimum Gasteiger partial charge on any atom is -0.481 e. The molecule has 10 heteroatoms. The molecular weight excluding hydrogens is 590 g/mol. The summed E-state index contributed by atoms with van der Waals surface area (Å²) in [6.07, 6.45) is 4.04. The molecular formula is C36H59NO9. The molecule has 6 aliphatic rings. The Labute approximate surface area is 273 Å². The van der Waals surface area contributed by atoms with Gasteiger partial charge in [-0.25, -0.2) is 0 Å². The van der Waals surface area contributed by atoms with Crippen molar-refractivity contribution in [3.63, 3.8) is 0 Å². The van der Waals surface area contributed by atoms with Crippen LogP contribution in [0.1, 0.15) is 99.8 Å². The second kappa shape index (κ2) is 11.9. The van der Waals surface area contributed by atoms with Gasteiger partial charge < -0.3 is 41.1 Å². The molecule has 0 aromatic carbocycles. The highest BCUT2D eigenvalue weighted by atomic mass is 16.6. The van der Waals surface area contributed by atoms with Crippen molar-refractivity contribution in [1.82, 2.24) is 0 Å². The average molecular weight is 650 g/mol. The molecule has 1 saturated heterocycles. The smallest absolute Gasteiger partial charge is 0.312 e. The number of aliphatic hydroxyl groups is 5. The van der Waals surface area contributed by atoms with E-state index in [1.54, 1.807) is 6.92 Å².